The van der Waals surface area contributed by atoms with Gasteiger partial charge in [-0.15, -0.1) is 0 Å². The second-order valence-electron chi connectivity index (χ2n) is 2.96. The predicted octanol–water partition coefficient (Wildman–Crippen LogP) is 2.60. The molecule has 0 atom stereocenters. The third kappa shape index (κ3) is 2.22. The number of anilines is 1. The summed E-state index contributed by atoms with van der Waals surface area (Å²) < 4.78 is 18.2. The predicted molar refractivity (Wildman–Crippen MR) is 55.1 cm³/mol. The lowest BCUT2D eigenvalue weighted by Gasteiger charge is -2.07. The average molecular weight is 204 g/mol. The van der Waals surface area contributed by atoms with Gasteiger partial charge in [0.25, 0.3) is 0 Å². The second-order valence-corrected chi connectivity index (χ2v) is 2.96. The number of pyridine rings is 1. The Hall–Kier alpha value is -2.10. The standard InChI is InChI=1S/C11H9FN2O/c12-11-6-10(9(13)7-14-11)15-8-4-2-1-3-5-8/h1-7H,13H2. The number of benzene rings is 1. The maximum absolute atomic E-state index is 12.8. The molecular weight excluding hydrogens is 195 g/mol. The van der Waals surface area contributed by atoms with E-state index in [-0.39, 0.29) is 5.75 Å². The Balaban J connectivity index is 2.28. The summed E-state index contributed by atoms with van der Waals surface area (Å²) in [5, 5.41) is 0. The highest BCUT2D eigenvalue weighted by Gasteiger charge is 2.04. The van der Waals surface area contributed by atoms with Crippen LogP contribution in [0.15, 0.2) is 42.6 Å². The zero-order valence-corrected chi connectivity index (χ0v) is 7.85. The molecule has 15 heavy (non-hydrogen) atoms. The van der Waals surface area contributed by atoms with Gasteiger partial charge in [0.1, 0.15) is 5.75 Å². The molecule has 1 heterocycles. The highest BCUT2D eigenvalue weighted by atomic mass is 19.1. The second kappa shape index (κ2) is 3.96. The van der Waals surface area contributed by atoms with Crippen LogP contribution in [-0.4, -0.2) is 4.98 Å². The molecule has 0 unspecified atom stereocenters. The van der Waals surface area contributed by atoms with Crippen LogP contribution in [0.4, 0.5) is 10.1 Å². The van der Waals surface area contributed by atoms with Crippen molar-refractivity contribution in [1.29, 1.82) is 0 Å². The Bertz CT molecular complexity index is 459. The summed E-state index contributed by atoms with van der Waals surface area (Å²) in [5.41, 5.74) is 5.89. The van der Waals surface area contributed by atoms with E-state index < -0.39 is 5.95 Å². The first-order valence-corrected chi connectivity index (χ1v) is 4.39. The molecule has 2 aromatic rings. The van der Waals surface area contributed by atoms with Crippen molar-refractivity contribution in [2.24, 2.45) is 0 Å². The number of hydrogen-bond acceptors (Lipinski definition) is 3. The number of aromatic nitrogens is 1. The molecule has 0 fully saturated rings. The van der Waals surface area contributed by atoms with E-state index in [1.807, 2.05) is 18.2 Å². The minimum atomic E-state index is -0.616. The van der Waals surface area contributed by atoms with Crippen LogP contribution < -0.4 is 10.5 Å². The highest BCUT2D eigenvalue weighted by Crippen LogP contribution is 2.26. The molecule has 1 aromatic heterocycles. The van der Waals surface area contributed by atoms with Crippen LogP contribution in [0.25, 0.3) is 0 Å². The zero-order valence-electron chi connectivity index (χ0n) is 7.85. The minimum absolute atomic E-state index is 0.272. The molecule has 1 aromatic carbocycles. The van der Waals surface area contributed by atoms with Crippen LogP contribution >= 0.6 is 0 Å². The van der Waals surface area contributed by atoms with E-state index >= 15 is 0 Å². The van der Waals surface area contributed by atoms with Crippen molar-refractivity contribution in [3.05, 3.63) is 48.5 Å². The fraction of sp³-hybridized carbons (Fsp3) is 0. The van der Waals surface area contributed by atoms with Crippen LogP contribution in [0, 0.1) is 5.95 Å². The van der Waals surface area contributed by atoms with Gasteiger partial charge in [-0.3, -0.25) is 0 Å². The molecule has 0 aliphatic rings. The number of hydrogen-bond donors (Lipinski definition) is 1. The van der Waals surface area contributed by atoms with E-state index in [1.165, 1.54) is 6.20 Å². The van der Waals surface area contributed by atoms with Gasteiger partial charge in [0.15, 0.2) is 5.75 Å². The molecule has 2 N–H and O–H groups in total. The van der Waals surface area contributed by atoms with E-state index in [9.17, 15) is 4.39 Å². The Morgan fingerprint density at radius 2 is 1.93 bits per heavy atom. The summed E-state index contributed by atoms with van der Waals surface area (Å²) in [6, 6.07) is 10.2. The Kier molecular flexibility index (Phi) is 2.49. The number of para-hydroxylation sites is 1. The molecule has 0 spiro atoms. The summed E-state index contributed by atoms with van der Waals surface area (Å²) in [6.45, 7) is 0. The zero-order chi connectivity index (χ0) is 10.7. The molecule has 0 radical (unpaired) electrons. The monoisotopic (exact) mass is 204 g/mol. The normalized spacial score (nSPS) is 9.93. The largest absolute Gasteiger partial charge is 0.455 e. The van der Waals surface area contributed by atoms with E-state index in [4.69, 9.17) is 10.5 Å². The lowest BCUT2D eigenvalue weighted by molar-refractivity contribution is 0.474. The maximum atomic E-state index is 12.8. The summed E-state index contributed by atoms with van der Waals surface area (Å²) >= 11 is 0. The summed E-state index contributed by atoms with van der Waals surface area (Å²) in [6.07, 6.45) is 1.23. The third-order valence-corrected chi connectivity index (χ3v) is 1.83. The van der Waals surface area contributed by atoms with E-state index in [1.54, 1.807) is 12.1 Å². The van der Waals surface area contributed by atoms with Crippen LogP contribution in [0.3, 0.4) is 0 Å². The van der Waals surface area contributed by atoms with E-state index in [2.05, 4.69) is 4.98 Å². The van der Waals surface area contributed by atoms with Crippen molar-refractivity contribution < 1.29 is 9.13 Å². The molecule has 0 aliphatic heterocycles. The van der Waals surface area contributed by atoms with Gasteiger partial charge >= 0.3 is 0 Å². The maximum Gasteiger partial charge on any atom is 0.216 e. The molecule has 3 nitrogen and oxygen atoms in total. The average Bonchev–Trinajstić information content (AvgIpc) is 2.25. The molecule has 0 saturated heterocycles. The van der Waals surface area contributed by atoms with E-state index in [0.717, 1.165) is 6.07 Å². The number of nitrogens with two attached hydrogens (primary N) is 1. The fourth-order valence-electron chi connectivity index (χ4n) is 1.13. The van der Waals surface area contributed by atoms with Gasteiger partial charge in [-0.25, -0.2) is 4.98 Å². The van der Waals surface area contributed by atoms with Crippen molar-refractivity contribution >= 4 is 5.69 Å². The number of halogens is 1. The van der Waals surface area contributed by atoms with Gasteiger partial charge in [0.05, 0.1) is 11.9 Å². The van der Waals surface area contributed by atoms with Crippen molar-refractivity contribution in [3.8, 4) is 11.5 Å². The van der Waals surface area contributed by atoms with Gasteiger partial charge in [-0.1, -0.05) is 18.2 Å². The topological polar surface area (TPSA) is 48.1 Å². The number of ether oxygens (including phenoxy) is 1. The lowest BCUT2D eigenvalue weighted by Crippen LogP contribution is -1.94. The first kappa shape index (κ1) is 9.45. The Labute approximate surface area is 86.3 Å². The summed E-state index contributed by atoms with van der Waals surface area (Å²) in [4.78, 5) is 3.41. The Morgan fingerprint density at radius 1 is 1.20 bits per heavy atom. The SMILES string of the molecule is Nc1cnc(F)cc1Oc1ccccc1. The van der Waals surface area contributed by atoms with Crippen molar-refractivity contribution in [3.63, 3.8) is 0 Å². The summed E-state index contributed by atoms with van der Waals surface area (Å²) in [5.74, 6) is 0.263. The smallest absolute Gasteiger partial charge is 0.216 e. The van der Waals surface area contributed by atoms with Crippen LogP contribution in [0.1, 0.15) is 0 Å². The van der Waals surface area contributed by atoms with Crippen LogP contribution in [0.5, 0.6) is 11.5 Å². The molecule has 0 amide bonds. The highest BCUT2D eigenvalue weighted by molar-refractivity contribution is 5.51. The number of nitrogen functional groups attached to an aromatic ring is 1. The van der Waals surface area contributed by atoms with Gasteiger partial charge in [0, 0.05) is 6.07 Å². The molecule has 2 rings (SSSR count). The fourth-order valence-corrected chi connectivity index (χ4v) is 1.13. The van der Waals surface area contributed by atoms with Gasteiger partial charge in [0.2, 0.25) is 5.95 Å². The van der Waals surface area contributed by atoms with Crippen LogP contribution in [-0.2, 0) is 0 Å². The molecule has 0 bridgehead atoms. The van der Waals surface area contributed by atoms with Gasteiger partial charge in [-0.2, -0.15) is 4.39 Å². The van der Waals surface area contributed by atoms with Crippen molar-refractivity contribution in [2.75, 3.05) is 5.73 Å². The Morgan fingerprint density at radius 3 is 2.67 bits per heavy atom. The quantitative estimate of drug-likeness (QED) is 0.765. The lowest BCUT2D eigenvalue weighted by atomic mass is 10.3. The first-order chi connectivity index (χ1) is 7.25. The number of nitrogens with zero attached hydrogens (tertiary/aromatic N) is 1. The van der Waals surface area contributed by atoms with E-state index in [0.29, 0.717) is 11.4 Å². The summed E-state index contributed by atoms with van der Waals surface area (Å²) in [7, 11) is 0. The third-order valence-electron chi connectivity index (χ3n) is 1.83. The molecule has 0 aliphatic carbocycles. The first-order valence-electron chi connectivity index (χ1n) is 4.39. The molecule has 4 heteroatoms. The van der Waals surface area contributed by atoms with Gasteiger partial charge in [-0.05, 0) is 12.1 Å². The molecular formula is C11H9FN2O. The molecule has 0 saturated carbocycles. The molecule has 76 valence electrons. The number of rotatable bonds is 2. The van der Waals surface area contributed by atoms with Crippen molar-refractivity contribution in [2.45, 2.75) is 0 Å². The van der Waals surface area contributed by atoms with Crippen LogP contribution in [0.2, 0.25) is 0 Å². The van der Waals surface area contributed by atoms with Crippen molar-refractivity contribution in [1.82, 2.24) is 4.98 Å². The minimum Gasteiger partial charge on any atom is -0.455 e. The van der Waals surface area contributed by atoms with Gasteiger partial charge < -0.3 is 10.5 Å².